The highest BCUT2D eigenvalue weighted by Crippen LogP contribution is 2.17. The lowest BCUT2D eigenvalue weighted by atomic mass is 9.94. The summed E-state index contributed by atoms with van der Waals surface area (Å²) < 4.78 is 1.30. The molecule has 1 aliphatic rings. The molecule has 2 aromatic rings. The summed E-state index contributed by atoms with van der Waals surface area (Å²) in [6, 6.07) is 7.11. The van der Waals surface area contributed by atoms with Gasteiger partial charge in [-0.2, -0.15) is 0 Å². The van der Waals surface area contributed by atoms with Crippen molar-refractivity contribution in [3.8, 4) is 0 Å². The van der Waals surface area contributed by atoms with Crippen LogP contribution in [0.3, 0.4) is 0 Å². The second kappa shape index (κ2) is 6.51. The topological polar surface area (TPSA) is 76.9 Å². The molecule has 0 saturated carbocycles. The van der Waals surface area contributed by atoms with Crippen LogP contribution in [0.2, 0.25) is 0 Å². The van der Waals surface area contributed by atoms with Crippen molar-refractivity contribution in [3.63, 3.8) is 0 Å². The van der Waals surface area contributed by atoms with Gasteiger partial charge in [0.05, 0.1) is 11.9 Å². The number of aromatic nitrogens is 3. The largest absolute Gasteiger partial charge is 0.354 e. The summed E-state index contributed by atoms with van der Waals surface area (Å²) in [5.41, 5.74) is 0.405. The molecular weight excluding hydrogens is 280 g/mol. The molecule has 6 heteroatoms. The molecule has 1 aromatic carbocycles. The number of rotatable bonds is 4. The first-order valence-corrected chi connectivity index (χ1v) is 7.51. The van der Waals surface area contributed by atoms with E-state index in [1.807, 2.05) is 12.1 Å². The average Bonchev–Trinajstić information content (AvgIpc) is 2.58. The second-order valence-electron chi connectivity index (χ2n) is 5.41. The third-order valence-electron chi connectivity index (χ3n) is 3.89. The quantitative estimate of drug-likeness (QED) is 0.862. The van der Waals surface area contributed by atoms with Crippen molar-refractivity contribution in [2.24, 2.45) is 5.92 Å². The number of carbonyl (C=O) groups excluding carboxylic acids is 1. The van der Waals surface area contributed by atoms with Gasteiger partial charge in [-0.15, -0.1) is 5.10 Å². The Morgan fingerprint density at radius 3 is 3.00 bits per heavy atom. The lowest BCUT2D eigenvalue weighted by molar-refractivity contribution is -0.125. The van der Waals surface area contributed by atoms with Crippen molar-refractivity contribution >= 4 is 16.8 Å². The van der Waals surface area contributed by atoms with Crippen molar-refractivity contribution in [2.45, 2.75) is 25.8 Å². The van der Waals surface area contributed by atoms with E-state index in [1.165, 1.54) is 4.68 Å². The van der Waals surface area contributed by atoms with Gasteiger partial charge in [0.2, 0.25) is 5.91 Å². The number of allylic oxidation sites excluding steroid dienone is 2. The fourth-order valence-corrected chi connectivity index (χ4v) is 2.63. The first-order chi connectivity index (χ1) is 10.8. The van der Waals surface area contributed by atoms with Crippen LogP contribution in [0.15, 0.2) is 41.2 Å². The zero-order valence-electron chi connectivity index (χ0n) is 12.2. The Bertz CT molecular complexity index is 766. The zero-order chi connectivity index (χ0) is 15.4. The maximum atomic E-state index is 12.2. The molecule has 0 unspecified atom stereocenters. The van der Waals surface area contributed by atoms with Gasteiger partial charge >= 0.3 is 0 Å². The first kappa shape index (κ1) is 14.4. The molecule has 1 amide bonds. The van der Waals surface area contributed by atoms with Crippen molar-refractivity contribution in [2.75, 3.05) is 6.54 Å². The molecule has 0 bridgehead atoms. The van der Waals surface area contributed by atoms with Crippen LogP contribution in [0.25, 0.3) is 10.9 Å². The van der Waals surface area contributed by atoms with Gasteiger partial charge in [-0.25, -0.2) is 4.68 Å². The van der Waals surface area contributed by atoms with E-state index >= 15 is 0 Å². The van der Waals surface area contributed by atoms with Crippen LogP contribution in [0.4, 0.5) is 0 Å². The van der Waals surface area contributed by atoms with E-state index < -0.39 is 0 Å². The van der Waals surface area contributed by atoms with Gasteiger partial charge in [-0.05, 0) is 31.4 Å². The van der Waals surface area contributed by atoms with Gasteiger partial charge in [0.1, 0.15) is 5.52 Å². The van der Waals surface area contributed by atoms with E-state index in [1.54, 1.807) is 18.2 Å². The predicted molar refractivity (Wildman–Crippen MR) is 83.3 cm³/mol. The number of fused-ring (bicyclic) bond motifs is 1. The van der Waals surface area contributed by atoms with Crippen LogP contribution in [0.1, 0.15) is 19.3 Å². The average molecular weight is 298 g/mol. The molecule has 0 spiro atoms. The predicted octanol–water partition coefficient (Wildman–Crippen LogP) is 1.26. The van der Waals surface area contributed by atoms with Crippen molar-refractivity contribution in [1.29, 1.82) is 0 Å². The number of nitrogens with zero attached hydrogens (tertiary/aromatic N) is 3. The lowest BCUT2D eigenvalue weighted by Gasteiger charge is -2.17. The third-order valence-corrected chi connectivity index (χ3v) is 3.89. The Morgan fingerprint density at radius 2 is 2.18 bits per heavy atom. The molecule has 1 aliphatic carbocycles. The number of benzene rings is 1. The van der Waals surface area contributed by atoms with Gasteiger partial charge in [0, 0.05) is 12.5 Å². The number of hydrogen-bond donors (Lipinski definition) is 1. The van der Waals surface area contributed by atoms with E-state index in [4.69, 9.17) is 0 Å². The maximum absolute atomic E-state index is 12.2. The molecule has 3 rings (SSSR count). The summed E-state index contributed by atoms with van der Waals surface area (Å²) in [5.74, 6) is 0.0931. The summed E-state index contributed by atoms with van der Waals surface area (Å²) in [6.45, 7) is 0.705. The molecule has 0 saturated heterocycles. The Hall–Kier alpha value is -2.50. The van der Waals surface area contributed by atoms with Gasteiger partial charge in [-0.1, -0.05) is 29.5 Å². The Balaban J connectivity index is 1.62. The van der Waals surface area contributed by atoms with Crippen LogP contribution in [-0.4, -0.2) is 27.4 Å². The SMILES string of the molecule is O=C(NCCn1nnc2ccccc2c1=O)[C@H]1CC=CCC1. The highest BCUT2D eigenvalue weighted by molar-refractivity contribution is 5.79. The number of nitrogens with one attached hydrogen (secondary N) is 1. The highest BCUT2D eigenvalue weighted by atomic mass is 16.2. The van der Waals surface area contributed by atoms with E-state index in [0.29, 0.717) is 24.0 Å². The van der Waals surface area contributed by atoms with Crippen molar-refractivity contribution < 1.29 is 4.79 Å². The molecule has 22 heavy (non-hydrogen) atoms. The van der Waals surface area contributed by atoms with E-state index in [0.717, 1.165) is 19.3 Å². The molecule has 0 radical (unpaired) electrons. The minimum Gasteiger partial charge on any atom is -0.354 e. The number of amides is 1. The summed E-state index contributed by atoms with van der Waals surface area (Å²) in [6.07, 6.45) is 6.79. The van der Waals surface area contributed by atoms with Gasteiger partial charge in [-0.3, -0.25) is 9.59 Å². The molecule has 1 heterocycles. The second-order valence-corrected chi connectivity index (χ2v) is 5.41. The Morgan fingerprint density at radius 1 is 1.32 bits per heavy atom. The van der Waals surface area contributed by atoms with Crippen molar-refractivity contribution in [1.82, 2.24) is 20.3 Å². The Kier molecular flexibility index (Phi) is 4.27. The van der Waals surface area contributed by atoms with E-state index in [2.05, 4.69) is 21.7 Å². The smallest absolute Gasteiger partial charge is 0.277 e. The van der Waals surface area contributed by atoms with Crippen LogP contribution >= 0.6 is 0 Å². The standard InChI is InChI=1S/C16H18N4O2/c21-15(12-6-2-1-3-7-12)17-10-11-20-16(22)13-8-4-5-9-14(13)18-19-20/h1-2,4-5,8-9,12H,3,6-7,10-11H2,(H,17,21)/t12-/m0/s1. The fourth-order valence-electron chi connectivity index (χ4n) is 2.63. The summed E-state index contributed by atoms with van der Waals surface area (Å²) in [5, 5.41) is 11.3. The highest BCUT2D eigenvalue weighted by Gasteiger charge is 2.18. The minimum atomic E-state index is -0.180. The van der Waals surface area contributed by atoms with Crippen LogP contribution in [0, 0.1) is 5.92 Å². The third kappa shape index (κ3) is 3.05. The van der Waals surface area contributed by atoms with Crippen LogP contribution in [-0.2, 0) is 11.3 Å². The van der Waals surface area contributed by atoms with Gasteiger partial charge in [0.25, 0.3) is 5.56 Å². The van der Waals surface area contributed by atoms with Crippen LogP contribution in [0.5, 0.6) is 0 Å². The van der Waals surface area contributed by atoms with E-state index in [-0.39, 0.29) is 17.4 Å². The molecule has 114 valence electrons. The molecule has 1 aromatic heterocycles. The fraction of sp³-hybridized carbons (Fsp3) is 0.375. The first-order valence-electron chi connectivity index (χ1n) is 7.51. The molecule has 6 nitrogen and oxygen atoms in total. The van der Waals surface area contributed by atoms with Gasteiger partial charge < -0.3 is 5.32 Å². The lowest BCUT2D eigenvalue weighted by Crippen LogP contribution is -2.36. The summed E-state index contributed by atoms with van der Waals surface area (Å²) in [4.78, 5) is 24.3. The summed E-state index contributed by atoms with van der Waals surface area (Å²) >= 11 is 0. The monoisotopic (exact) mass is 298 g/mol. The number of hydrogen-bond acceptors (Lipinski definition) is 4. The number of carbonyl (C=O) groups is 1. The minimum absolute atomic E-state index is 0.0457. The van der Waals surface area contributed by atoms with E-state index in [9.17, 15) is 9.59 Å². The molecule has 1 atom stereocenters. The van der Waals surface area contributed by atoms with Crippen molar-refractivity contribution in [3.05, 3.63) is 46.8 Å². The molecule has 0 fully saturated rings. The van der Waals surface area contributed by atoms with Crippen LogP contribution < -0.4 is 10.9 Å². The van der Waals surface area contributed by atoms with Gasteiger partial charge in [0.15, 0.2) is 0 Å². The molecule has 0 aliphatic heterocycles. The maximum Gasteiger partial charge on any atom is 0.277 e. The molecule has 1 N–H and O–H groups in total. The zero-order valence-corrected chi connectivity index (χ0v) is 12.2. The molecular formula is C16H18N4O2. The summed E-state index contributed by atoms with van der Waals surface area (Å²) in [7, 11) is 0. The Labute approximate surface area is 127 Å². The normalized spacial score (nSPS) is 17.5.